The van der Waals surface area contributed by atoms with Gasteiger partial charge >= 0.3 is 5.97 Å². The zero-order valence-corrected chi connectivity index (χ0v) is 18.0. The van der Waals surface area contributed by atoms with Gasteiger partial charge in [-0.05, 0) is 32.0 Å². The predicted molar refractivity (Wildman–Crippen MR) is 118 cm³/mol. The van der Waals surface area contributed by atoms with Crippen LogP contribution in [0.5, 0.6) is 0 Å². The number of hydrogen-bond donors (Lipinski definition) is 2. The number of ether oxygens (including phenoxy) is 1. The van der Waals surface area contributed by atoms with Gasteiger partial charge in [-0.3, -0.25) is 24.6 Å². The second-order valence-corrected chi connectivity index (χ2v) is 8.07. The maximum Gasteiger partial charge on any atom is 0.320 e. The van der Waals surface area contributed by atoms with Crippen molar-refractivity contribution in [3.63, 3.8) is 0 Å². The molecule has 0 fully saturated rings. The van der Waals surface area contributed by atoms with Crippen LogP contribution in [0.15, 0.2) is 41.5 Å². The molecule has 0 aliphatic carbocycles. The van der Waals surface area contributed by atoms with Crippen LogP contribution in [-0.2, 0) is 22.6 Å². The van der Waals surface area contributed by atoms with Crippen molar-refractivity contribution in [1.29, 1.82) is 0 Å². The maximum absolute atomic E-state index is 12.7. The Labute approximate surface area is 182 Å². The molecular formula is C21H22N6O3S. The minimum Gasteiger partial charge on any atom is -0.465 e. The van der Waals surface area contributed by atoms with E-state index in [1.807, 2.05) is 36.1 Å². The average Bonchev–Trinajstić information content (AvgIpc) is 3.35. The molecule has 0 amide bonds. The molecule has 2 N–H and O–H groups in total. The lowest BCUT2D eigenvalue weighted by molar-refractivity contribution is -0.144. The van der Waals surface area contributed by atoms with Gasteiger partial charge in [-0.2, -0.15) is 5.10 Å². The molecule has 0 unspecified atom stereocenters. The fourth-order valence-electron chi connectivity index (χ4n) is 3.28. The molecular weight excluding hydrogens is 416 g/mol. The average molecular weight is 439 g/mol. The highest BCUT2D eigenvalue weighted by Gasteiger charge is 2.17. The topological polar surface area (TPSA) is 117 Å². The van der Waals surface area contributed by atoms with Gasteiger partial charge in [-0.25, -0.2) is 4.98 Å². The molecule has 31 heavy (non-hydrogen) atoms. The molecule has 4 heterocycles. The lowest BCUT2D eigenvalue weighted by Gasteiger charge is -2.20. The molecule has 4 aromatic heterocycles. The Hall–Kier alpha value is -3.37. The second kappa shape index (κ2) is 9.19. The van der Waals surface area contributed by atoms with Gasteiger partial charge in [0.25, 0.3) is 5.56 Å². The van der Waals surface area contributed by atoms with Crippen molar-refractivity contribution in [2.45, 2.75) is 26.9 Å². The van der Waals surface area contributed by atoms with Crippen LogP contribution >= 0.6 is 11.3 Å². The summed E-state index contributed by atoms with van der Waals surface area (Å²) in [6.45, 7) is 4.77. The largest absolute Gasteiger partial charge is 0.465 e. The van der Waals surface area contributed by atoms with Crippen LogP contribution in [0.25, 0.3) is 20.7 Å². The first kappa shape index (κ1) is 20.9. The highest BCUT2D eigenvalue weighted by Crippen LogP contribution is 2.32. The van der Waals surface area contributed by atoms with Gasteiger partial charge in [0, 0.05) is 28.9 Å². The number of nitrogens with zero attached hydrogens (tertiary/aromatic N) is 4. The summed E-state index contributed by atoms with van der Waals surface area (Å²) in [6.07, 6.45) is 3.44. The minimum absolute atomic E-state index is 0.0647. The zero-order chi connectivity index (χ0) is 21.8. The number of aromatic amines is 2. The molecule has 0 bridgehead atoms. The molecule has 0 saturated heterocycles. The summed E-state index contributed by atoms with van der Waals surface area (Å²) >= 11 is 1.38. The fourth-order valence-corrected chi connectivity index (χ4v) is 4.34. The molecule has 4 aromatic rings. The SMILES string of the molecule is CCOC(=O)CN(Cc1ccccn1)Cc1nc2cc(-c3cn[nH]c3C)sc2c(=O)[nH]1. The summed E-state index contributed by atoms with van der Waals surface area (Å²) in [5.74, 6) is 0.140. The van der Waals surface area contributed by atoms with Crippen LogP contribution in [-0.4, -0.2) is 49.2 Å². The van der Waals surface area contributed by atoms with E-state index < -0.39 is 0 Å². The lowest BCUT2D eigenvalue weighted by atomic mass is 10.2. The van der Waals surface area contributed by atoms with Crippen LogP contribution in [0.2, 0.25) is 0 Å². The third-order valence-electron chi connectivity index (χ3n) is 4.67. The van der Waals surface area contributed by atoms with E-state index in [4.69, 9.17) is 4.74 Å². The first-order chi connectivity index (χ1) is 15.0. The van der Waals surface area contributed by atoms with Crippen molar-refractivity contribution in [1.82, 2.24) is 30.0 Å². The van der Waals surface area contributed by atoms with Crippen molar-refractivity contribution < 1.29 is 9.53 Å². The van der Waals surface area contributed by atoms with Crippen LogP contribution in [0.4, 0.5) is 0 Å². The van der Waals surface area contributed by atoms with Crippen LogP contribution in [0, 0.1) is 6.92 Å². The van der Waals surface area contributed by atoms with E-state index in [0.29, 0.717) is 29.2 Å². The summed E-state index contributed by atoms with van der Waals surface area (Å²) in [5.41, 5.74) is 3.10. The van der Waals surface area contributed by atoms with Gasteiger partial charge in [0.15, 0.2) is 0 Å². The Bertz CT molecular complexity index is 1250. The van der Waals surface area contributed by atoms with Crippen molar-refractivity contribution in [3.05, 3.63) is 64.2 Å². The summed E-state index contributed by atoms with van der Waals surface area (Å²) < 4.78 is 5.65. The molecule has 10 heteroatoms. The number of H-pyrrole nitrogens is 2. The number of nitrogens with one attached hydrogen (secondary N) is 2. The number of fused-ring (bicyclic) bond motifs is 1. The first-order valence-corrected chi connectivity index (χ1v) is 10.7. The summed E-state index contributed by atoms with van der Waals surface area (Å²) in [7, 11) is 0. The second-order valence-electron chi connectivity index (χ2n) is 7.02. The molecule has 0 radical (unpaired) electrons. The first-order valence-electron chi connectivity index (χ1n) is 9.84. The third-order valence-corrected chi connectivity index (χ3v) is 5.83. The van der Waals surface area contributed by atoms with E-state index in [1.165, 1.54) is 11.3 Å². The van der Waals surface area contributed by atoms with Crippen molar-refractivity contribution in [2.75, 3.05) is 13.2 Å². The quantitative estimate of drug-likeness (QED) is 0.406. The number of rotatable bonds is 8. The number of aryl methyl sites for hydroxylation is 1. The standard InChI is InChI=1S/C21H22N6O3S/c1-3-30-19(28)12-27(10-14-6-4-5-7-22-14)11-18-24-16-8-17(15-9-23-26-13(15)2)31-20(16)21(29)25-18/h4-9H,3,10-12H2,1-2H3,(H,23,26)(H,24,25,29). The normalized spacial score (nSPS) is 11.3. The van der Waals surface area contributed by atoms with E-state index in [-0.39, 0.29) is 24.6 Å². The van der Waals surface area contributed by atoms with Gasteiger partial charge in [0.05, 0.1) is 37.1 Å². The number of aromatic nitrogens is 5. The molecule has 0 aliphatic rings. The molecule has 4 rings (SSSR count). The number of carbonyl (C=O) groups excluding carboxylic acids is 1. The molecule has 0 spiro atoms. The smallest absolute Gasteiger partial charge is 0.320 e. The Kier molecular flexibility index (Phi) is 6.19. The summed E-state index contributed by atoms with van der Waals surface area (Å²) in [6, 6.07) is 7.50. The van der Waals surface area contributed by atoms with Crippen LogP contribution in [0.1, 0.15) is 24.1 Å². The maximum atomic E-state index is 12.7. The molecule has 0 aliphatic heterocycles. The monoisotopic (exact) mass is 438 g/mol. The van der Waals surface area contributed by atoms with Gasteiger partial charge in [-0.15, -0.1) is 11.3 Å². The van der Waals surface area contributed by atoms with Gasteiger partial charge in [0.2, 0.25) is 0 Å². The Morgan fingerprint density at radius 2 is 2.16 bits per heavy atom. The molecule has 9 nitrogen and oxygen atoms in total. The van der Waals surface area contributed by atoms with E-state index in [0.717, 1.165) is 21.8 Å². The summed E-state index contributed by atoms with van der Waals surface area (Å²) in [5, 5.41) is 6.96. The highest BCUT2D eigenvalue weighted by atomic mass is 32.1. The van der Waals surface area contributed by atoms with Crippen molar-refractivity contribution in [2.24, 2.45) is 0 Å². The van der Waals surface area contributed by atoms with E-state index in [1.54, 1.807) is 19.3 Å². The number of carbonyl (C=O) groups is 1. The molecule has 160 valence electrons. The summed E-state index contributed by atoms with van der Waals surface area (Å²) in [4.78, 5) is 39.4. The minimum atomic E-state index is -0.338. The number of esters is 1. The molecule has 0 saturated carbocycles. The van der Waals surface area contributed by atoms with Crippen LogP contribution in [0.3, 0.4) is 0 Å². The lowest BCUT2D eigenvalue weighted by Crippen LogP contribution is -2.32. The fraction of sp³-hybridized carbons (Fsp3) is 0.286. The third kappa shape index (κ3) is 4.86. The predicted octanol–water partition coefficient (Wildman–Crippen LogP) is 2.64. The highest BCUT2D eigenvalue weighted by molar-refractivity contribution is 7.22. The molecule has 0 atom stereocenters. The Morgan fingerprint density at radius 3 is 2.87 bits per heavy atom. The zero-order valence-electron chi connectivity index (χ0n) is 17.2. The van der Waals surface area contributed by atoms with Gasteiger partial charge in [-0.1, -0.05) is 6.07 Å². The Balaban J connectivity index is 1.62. The van der Waals surface area contributed by atoms with Gasteiger partial charge in [0.1, 0.15) is 10.5 Å². The Morgan fingerprint density at radius 1 is 1.29 bits per heavy atom. The number of thiophene rings is 1. The molecule has 0 aromatic carbocycles. The van der Waals surface area contributed by atoms with Gasteiger partial charge < -0.3 is 9.72 Å². The van der Waals surface area contributed by atoms with E-state index in [2.05, 4.69) is 25.1 Å². The van der Waals surface area contributed by atoms with Crippen molar-refractivity contribution >= 4 is 27.5 Å². The van der Waals surface area contributed by atoms with E-state index >= 15 is 0 Å². The number of pyridine rings is 1. The van der Waals surface area contributed by atoms with Crippen molar-refractivity contribution in [3.8, 4) is 10.4 Å². The van der Waals surface area contributed by atoms with E-state index in [9.17, 15) is 9.59 Å². The van der Waals surface area contributed by atoms with Crippen LogP contribution < -0.4 is 5.56 Å². The number of hydrogen-bond acceptors (Lipinski definition) is 8.